The van der Waals surface area contributed by atoms with Gasteiger partial charge in [0, 0.05) is 18.4 Å². The lowest BCUT2D eigenvalue weighted by atomic mass is 10.0. The van der Waals surface area contributed by atoms with E-state index in [0.717, 1.165) is 42.6 Å². The lowest BCUT2D eigenvalue weighted by molar-refractivity contribution is -0.903. The Hall–Kier alpha value is -2.33. The van der Waals surface area contributed by atoms with E-state index < -0.39 is 6.29 Å². The standard InChI is InChI=1S/C35H56NO3/c1-5-7-8-9-10-11-12-13-14-18-25-32-26-19-20-27-33(32)38-35(6-2)39-34(37)28-21-22-29-36(3,4)30-31-23-16-15-17-24-31/h15-17,19-20,23-24,26-27,35H,5-14,18,21-22,25,28-30H2,1-4H3/q+1. The Morgan fingerprint density at radius 3 is 2.03 bits per heavy atom. The molecule has 0 aliphatic rings. The minimum absolute atomic E-state index is 0.164. The molecular formula is C35H56NO3+. The predicted octanol–water partition coefficient (Wildman–Crippen LogP) is 9.26. The Bertz CT molecular complexity index is 896. The normalized spacial score (nSPS) is 12.3. The molecule has 0 heterocycles. The summed E-state index contributed by atoms with van der Waals surface area (Å²) < 4.78 is 12.8. The van der Waals surface area contributed by atoms with Crippen molar-refractivity contribution in [3.8, 4) is 5.75 Å². The van der Waals surface area contributed by atoms with E-state index in [1.807, 2.05) is 19.1 Å². The number of aryl methyl sites for hydroxylation is 1. The molecule has 2 rings (SSSR count). The van der Waals surface area contributed by atoms with Crippen molar-refractivity contribution in [3.63, 3.8) is 0 Å². The third-order valence-electron chi connectivity index (χ3n) is 7.47. The molecule has 39 heavy (non-hydrogen) atoms. The molecule has 0 radical (unpaired) electrons. The number of para-hydroxylation sites is 1. The van der Waals surface area contributed by atoms with Gasteiger partial charge in [-0.05, 0) is 37.3 Å². The van der Waals surface area contributed by atoms with E-state index in [-0.39, 0.29) is 5.97 Å². The van der Waals surface area contributed by atoms with E-state index in [9.17, 15) is 4.79 Å². The maximum Gasteiger partial charge on any atom is 0.308 e. The summed E-state index contributed by atoms with van der Waals surface area (Å²) in [6.07, 6.45) is 16.7. The molecule has 218 valence electrons. The number of carbonyl (C=O) groups is 1. The second kappa shape index (κ2) is 19.7. The molecule has 0 aliphatic carbocycles. The zero-order valence-electron chi connectivity index (χ0n) is 25.5. The SMILES string of the molecule is CCCCCCCCCCCCc1ccccc1OC(CC)OC(=O)CCCC[N+](C)(C)Cc1ccccc1. The molecule has 0 saturated carbocycles. The van der Waals surface area contributed by atoms with Gasteiger partial charge in [0.05, 0.1) is 20.6 Å². The van der Waals surface area contributed by atoms with Gasteiger partial charge in [-0.15, -0.1) is 0 Å². The number of esters is 1. The van der Waals surface area contributed by atoms with Crippen LogP contribution in [0.5, 0.6) is 5.75 Å². The van der Waals surface area contributed by atoms with Gasteiger partial charge in [0.1, 0.15) is 12.3 Å². The summed E-state index contributed by atoms with van der Waals surface area (Å²) in [6.45, 7) is 6.30. The first-order valence-corrected chi connectivity index (χ1v) is 15.7. The van der Waals surface area contributed by atoms with Crippen LogP contribution in [-0.4, -0.2) is 37.4 Å². The lowest BCUT2D eigenvalue weighted by Crippen LogP contribution is -2.39. The van der Waals surface area contributed by atoms with Crippen molar-refractivity contribution in [2.24, 2.45) is 0 Å². The molecule has 1 unspecified atom stereocenters. The first-order valence-electron chi connectivity index (χ1n) is 15.7. The van der Waals surface area contributed by atoms with Gasteiger partial charge < -0.3 is 14.0 Å². The Labute approximate surface area is 239 Å². The highest BCUT2D eigenvalue weighted by Crippen LogP contribution is 2.23. The molecule has 2 aromatic rings. The third-order valence-corrected chi connectivity index (χ3v) is 7.47. The molecule has 4 heteroatoms. The quantitative estimate of drug-likeness (QED) is 0.0648. The molecule has 0 bridgehead atoms. The summed E-state index contributed by atoms with van der Waals surface area (Å²) in [6, 6.07) is 18.8. The van der Waals surface area contributed by atoms with Gasteiger partial charge in [0.25, 0.3) is 0 Å². The fraction of sp³-hybridized carbons (Fsp3) is 0.629. The number of benzene rings is 2. The van der Waals surface area contributed by atoms with Crippen LogP contribution in [0.15, 0.2) is 54.6 Å². The monoisotopic (exact) mass is 538 g/mol. The van der Waals surface area contributed by atoms with Crippen LogP contribution in [0, 0.1) is 0 Å². The highest BCUT2D eigenvalue weighted by Gasteiger charge is 2.18. The number of hydrogen-bond donors (Lipinski definition) is 0. The molecule has 0 amide bonds. The average molecular weight is 539 g/mol. The van der Waals surface area contributed by atoms with Crippen LogP contribution in [0.4, 0.5) is 0 Å². The van der Waals surface area contributed by atoms with Gasteiger partial charge >= 0.3 is 5.97 Å². The minimum atomic E-state index is -0.531. The van der Waals surface area contributed by atoms with Crippen molar-refractivity contribution < 1.29 is 18.8 Å². The molecule has 1 atom stereocenters. The Balaban J connectivity index is 1.66. The zero-order valence-corrected chi connectivity index (χ0v) is 25.5. The highest BCUT2D eigenvalue weighted by molar-refractivity contribution is 5.69. The van der Waals surface area contributed by atoms with E-state index >= 15 is 0 Å². The van der Waals surface area contributed by atoms with Crippen LogP contribution in [0.25, 0.3) is 0 Å². The molecule has 0 aromatic heterocycles. The van der Waals surface area contributed by atoms with Crippen molar-refractivity contribution in [2.45, 2.75) is 123 Å². The Morgan fingerprint density at radius 2 is 1.36 bits per heavy atom. The maximum absolute atomic E-state index is 12.6. The fourth-order valence-corrected chi connectivity index (χ4v) is 5.13. The summed E-state index contributed by atoms with van der Waals surface area (Å²) in [5.74, 6) is 0.690. The topological polar surface area (TPSA) is 35.5 Å². The summed E-state index contributed by atoms with van der Waals surface area (Å²) in [4.78, 5) is 12.6. The number of nitrogens with zero attached hydrogens (tertiary/aromatic N) is 1. The van der Waals surface area contributed by atoms with E-state index in [2.05, 4.69) is 63.5 Å². The van der Waals surface area contributed by atoms with Crippen LogP contribution in [0.2, 0.25) is 0 Å². The summed E-state index contributed by atoms with van der Waals surface area (Å²) in [5.41, 5.74) is 2.56. The zero-order chi connectivity index (χ0) is 28.2. The summed E-state index contributed by atoms with van der Waals surface area (Å²) in [7, 11) is 4.50. The molecule has 0 N–H and O–H groups in total. The largest absolute Gasteiger partial charge is 0.455 e. The predicted molar refractivity (Wildman–Crippen MR) is 164 cm³/mol. The second-order valence-electron chi connectivity index (χ2n) is 11.7. The molecular weight excluding hydrogens is 482 g/mol. The molecule has 0 saturated heterocycles. The van der Waals surface area contributed by atoms with E-state index in [1.54, 1.807) is 0 Å². The number of rotatable bonds is 22. The van der Waals surface area contributed by atoms with Crippen molar-refractivity contribution in [3.05, 3.63) is 65.7 Å². The number of carbonyl (C=O) groups excluding carboxylic acids is 1. The van der Waals surface area contributed by atoms with Crippen LogP contribution < -0.4 is 4.74 Å². The Kier molecular flexibility index (Phi) is 16.6. The number of unbranched alkanes of at least 4 members (excludes halogenated alkanes) is 10. The van der Waals surface area contributed by atoms with Gasteiger partial charge in [-0.3, -0.25) is 4.79 Å². The van der Waals surface area contributed by atoms with Crippen molar-refractivity contribution >= 4 is 5.97 Å². The second-order valence-corrected chi connectivity index (χ2v) is 11.7. The van der Waals surface area contributed by atoms with E-state index in [0.29, 0.717) is 12.8 Å². The van der Waals surface area contributed by atoms with Crippen molar-refractivity contribution in [1.82, 2.24) is 0 Å². The van der Waals surface area contributed by atoms with Gasteiger partial charge in [-0.1, -0.05) is 120 Å². The first-order chi connectivity index (χ1) is 18.9. The first kappa shape index (κ1) is 32.9. The van der Waals surface area contributed by atoms with E-state index in [1.165, 1.54) is 75.3 Å². The summed E-state index contributed by atoms with van der Waals surface area (Å²) >= 11 is 0. The van der Waals surface area contributed by atoms with Crippen LogP contribution >= 0.6 is 0 Å². The maximum atomic E-state index is 12.6. The number of hydrogen-bond acceptors (Lipinski definition) is 3. The number of quaternary nitrogens is 1. The molecule has 4 nitrogen and oxygen atoms in total. The lowest BCUT2D eigenvalue weighted by Gasteiger charge is -2.30. The molecule has 0 fully saturated rings. The van der Waals surface area contributed by atoms with Crippen LogP contribution in [0.3, 0.4) is 0 Å². The van der Waals surface area contributed by atoms with Gasteiger partial charge in [-0.2, -0.15) is 0 Å². The van der Waals surface area contributed by atoms with Gasteiger partial charge in [0.15, 0.2) is 0 Å². The molecule has 2 aromatic carbocycles. The van der Waals surface area contributed by atoms with Crippen LogP contribution in [-0.2, 0) is 22.5 Å². The smallest absolute Gasteiger partial charge is 0.308 e. The van der Waals surface area contributed by atoms with Crippen LogP contribution in [0.1, 0.15) is 115 Å². The van der Waals surface area contributed by atoms with Gasteiger partial charge in [-0.25, -0.2) is 0 Å². The van der Waals surface area contributed by atoms with Crippen molar-refractivity contribution in [2.75, 3.05) is 20.6 Å². The van der Waals surface area contributed by atoms with Gasteiger partial charge in [0.2, 0.25) is 6.29 Å². The van der Waals surface area contributed by atoms with Crippen molar-refractivity contribution in [1.29, 1.82) is 0 Å². The van der Waals surface area contributed by atoms with E-state index in [4.69, 9.17) is 9.47 Å². The molecule has 0 aliphatic heterocycles. The highest BCUT2D eigenvalue weighted by atomic mass is 16.7. The minimum Gasteiger partial charge on any atom is -0.455 e. The summed E-state index contributed by atoms with van der Waals surface area (Å²) in [5, 5.41) is 0. The molecule has 0 spiro atoms. The third kappa shape index (κ3) is 15.1. The Morgan fingerprint density at radius 1 is 0.744 bits per heavy atom. The number of ether oxygens (including phenoxy) is 2. The average Bonchev–Trinajstić information content (AvgIpc) is 2.93. The fourth-order valence-electron chi connectivity index (χ4n) is 5.13.